The van der Waals surface area contributed by atoms with Crippen molar-refractivity contribution in [2.45, 2.75) is 25.7 Å². The predicted molar refractivity (Wildman–Crippen MR) is 116 cm³/mol. The molecule has 3 fully saturated rings. The van der Waals surface area contributed by atoms with E-state index < -0.39 is 0 Å². The molecule has 1 saturated heterocycles. The van der Waals surface area contributed by atoms with Crippen molar-refractivity contribution in [3.63, 3.8) is 0 Å². The van der Waals surface area contributed by atoms with Gasteiger partial charge in [-0.05, 0) is 80.3 Å². The normalized spacial score (nSPS) is 31.3. The van der Waals surface area contributed by atoms with Gasteiger partial charge in [0.15, 0.2) is 0 Å². The first-order valence-corrected chi connectivity index (χ1v) is 11.6. The Morgan fingerprint density at radius 2 is 1.62 bits per heavy atom. The SMILES string of the molecule is O=C(NCCN1CCCC1)[C@H]1[C@H](C(=O)Nc2ccc(Br)cc2)[C@H]2C=C[C@H]1C21CC1. The second-order valence-electron chi connectivity index (χ2n) is 9.06. The van der Waals surface area contributed by atoms with Crippen molar-refractivity contribution in [1.29, 1.82) is 0 Å². The minimum Gasteiger partial charge on any atom is -0.355 e. The summed E-state index contributed by atoms with van der Waals surface area (Å²) in [7, 11) is 0. The first-order valence-electron chi connectivity index (χ1n) is 10.8. The lowest BCUT2D eigenvalue weighted by molar-refractivity contribution is -0.132. The molecule has 1 aliphatic heterocycles. The minimum absolute atomic E-state index is 0.0184. The van der Waals surface area contributed by atoms with Crippen LogP contribution in [-0.4, -0.2) is 42.9 Å². The van der Waals surface area contributed by atoms with Crippen LogP contribution in [0.3, 0.4) is 0 Å². The number of carbonyl (C=O) groups excluding carboxylic acids is 2. The lowest BCUT2D eigenvalue weighted by Crippen LogP contribution is -2.43. The van der Waals surface area contributed by atoms with Crippen LogP contribution in [0.5, 0.6) is 0 Å². The molecule has 2 N–H and O–H groups in total. The maximum atomic E-state index is 13.3. The Balaban J connectivity index is 1.29. The second kappa shape index (κ2) is 7.55. The highest BCUT2D eigenvalue weighted by Gasteiger charge is 2.69. The minimum atomic E-state index is -0.275. The summed E-state index contributed by atoms with van der Waals surface area (Å²) in [6.07, 6.45) is 9.20. The first kappa shape index (κ1) is 19.3. The molecule has 2 saturated carbocycles. The largest absolute Gasteiger partial charge is 0.355 e. The zero-order valence-electron chi connectivity index (χ0n) is 16.6. The summed E-state index contributed by atoms with van der Waals surface area (Å²) in [5.74, 6) is -0.0832. The van der Waals surface area contributed by atoms with E-state index in [-0.39, 0.29) is 40.9 Å². The fraction of sp³-hybridized carbons (Fsp3) is 0.565. The summed E-state index contributed by atoms with van der Waals surface area (Å²) in [5.41, 5.74) is 0.946. The molecule has 4 atom stereocenters. The lowest BCUT2D eigenvalue weighted by Gasteiger charge is -2.26. The van der Waals surface area contributed by atoms with E-state index in [1.54, 1.807) is 0 Å². The van der Waals surface area contributed by atoms with Gasteiger partial charge in [0.1, 0.15) is 0 Å². The average molecular weight is 458 g/mol. The van der Waals surface area contributed by atoms with Gasteiger partial charge < -0.3 is 15.5 Å². The standard InChI is InChI=1S/C23H28BrN3O2/c24-15-3-5-16(6-4-15)26-22(29)20-18-8-7-17(23(18)9-10-23)19(20)21(28)25-11-14-27-12-1-2-13-27/h3-8,17-20H,1-2,9-14H2,(H,25,28)(H,26,29)/t17-,18-,19-,20-/m1/s1. The van der Waals surface area contributed by atoms with Crippen LogP contribution in [0.25, 0.3) is 0 Å². The summed E-state index contributed by atoms with van der Waals surface area (Å²) in [6, 6.07) is 7.62. The van der Waals surface area contributed by atoms with Crippen LogP contribution >= 0.6 is 15.9 Å². The molecule has 154 valence electrons. The van der Waals surface area contributed by atoms with Crippen molar-refractivity contribution in [1.82, 2.24) is 10.2 Å². The molecular weight excluding hydrogens is 430 g/mol. The van der Waals surface area contributed by atoms with Crippen molar-refractivity contribution in [2.24, 2.45) is 29.1 Å². The number of amides is 2. The number of anilines is 1. The number of benzene rings is 1. The van der Waals surface area contributed by atoms with E-state index in [0.29, 0.717) is 6.54 Å². The molecule has 1 aromatic rings. The smallest absolute Gasteiger partial charge is 0.228 e. The van der Waals surface area contributed by atoms with Gasteiger partial charge in [-0.1, -0.05) is 28.1 Å². The molecule has 2 amide bonds. The molecule has 5 rings (SSSR count). The highest BCUT2D eigenvalue weighted by atomic mass is 79.9. The lowest BCUT2D eigenvalue weighted by atomic mass is 9.81. The van der Waals surface area contributed by atoms with Gasteiger partial charge >= 0.3 is 0 Å². The van der Waals surface area contributed by atoms with E-state index in [2.05, 4.69) is 43.6 Å². The fourth-order valence-electron chi connectivity index (χ4n) is 5.93. The summed E-state index contributed by atoms with van der Waals surface area (Å²) in [6.45, 7) is 3.84. The molecular formula is C23H28BrN3O2. The van der Waals surface area contributed by atoms with Crippen LogP contribution in [0.4, 0.5) is 5.69 Å². The van der Waals surface area contributed by atoms with Crippen LogP contribution < -0.4 is 10.6 Å². The summed E-state index contributed by atoms with van der Waals surface area (Å²) >= 11 is 3.43. The number of hydrogen-bond donors (Lipinski definition) is 2. The summed E-state index contributed by atoms with van der Waals surface area (Å²) in [5, 5.41) is 6.22. The van der Waals surface area contributed by atoms with Gasteiger partial charge in [0.25, 0.3) is 0 Å². The Labute approximate surface area is 180 Å². The molecule has 4 aliphatic rings. The third-order valence-corrected chi connectivity index (χ3v) is 8.01. The van der Waals surface area contributed by atoms with Gasteiger partial charge in [-0.3, -0.25) is 9.59 Å². The van der Waals surface area contributed by atoms with E-state index >= 15 is 0 Å². The number of carbonyl (C=O) groups is 2. The number of nitrogens with one attached hydrogen (secondary N) is 2. The van der Waals surface area contributed by atoms with Crippen LogP contribution in [0.2, 0.25) is 0 Å². The fourth-order valence-corrected chi connectivity index (χ4v) is 6.19. The van der Waals surface area contributed by atoms with E-state index in [4.69, 9.17) is 0 Å². The number of hydrogen-bond acceptors (Lipinski definition) is 3. The monoisotopic (exact) mass is 457 g/mol. The third kappa shape index (κ3) is 3.44. The molecule has 0 aromatic heterocycles. The molecule has 29 heavy (non-hydrogen) atoms. The molecule has 2 bridgehead atoms. The van der Waals surface area contributed by atoms with Crippen LogP contribution in [0.15, 0.2) is 40.9 Å². The van der Waals surface area contributed by atoms with Crippen LogP contribution in [0.1, 0.15) is 25.7 Å². The number of nitrogens with zero attached hydrogens (tertiary/aromatic N) is 1. The molecule has 3 aliphatic carbocycles. The second-order valence-corrected chi connectivity index (χ2v) is 9.97. The van der Waals surface area contributed by atoms with Gasteiger partial charge in [0.05, 0.1) is 11.8 Å². The maximum Gasteiger partial charge on any atom is 0.228 e. The predicted octanol–water partition coefficient (Wildman–Crippen LogP) is 3.43. The third-order valence-electron chi connectivity index (χ3n) is 7.48. The Morgan fingerprint density at radius 1 is 1.00 bits per heavy atom. The van der Waals surface area contributed by atoms with Crippen molar-refractivity contribution >= 4 is 33.4 Å². The van der Waals surface area contributed by atoms with Gasteiger partial charge in [-0.2, -0.15) is 0 Å². The zero-order valence-corrected chi connectivity index (χ0v) is 18.2. The summed E-state index contributed by atoms with van der Waals surface area (Å²) < 4.78 is 0.977. The van der Waals surface area contributed by atoms with E-state index in [0.717, 1.165) is 42.6 Å². The average Bonchev–Trinajstić information content (AvgIpc) is 3.07. The zero-order chi connectivity index (χ0) is 20.0. The van der Waals surface area contributed by atoms with Crippen molar-refractivity contribution in [3.8, 4) is 0 Å². The number of likely N-dealkylation sites (tertiary alicyclic amines) is 1. The van der Waals surface area contributed by atoms with Crippen molar-refractivity contribution in [2.75, 3.05) is 31.5 Å². The Hall–Kier alpha value is -1.66. The molecule has 6 heteroatoms. The Morgan fingerprint density at radius 3 is 2.24 bits per heavy atom. The van der Waals surface area contributed by atoms with E-state index in [1.165, 1.54) is 12.8 Å². The Bertz CT molecular complexity index is 827. The van der Waals surface area contributed by atoms with Crippen molar-refractivity contribution < 1.29 is 9.59 Å². The highest BCUT2D eigenvalue weighted by molar-refractivity contribution is 9.10. The number of allylic oxidation sites excluding steroid dienone is 2. The number of halogens is 1. The van der Waals surface area contributed by atoms with Crippen molar-refractivity contribution in [3.05, 3.63) is 40.9 Å². The van der Waals surface area contributed by atoms with E-state index in [1.807, 2.05) is 24.3 Å². The van der Waals surface area contributed by atoms with Crippen LogP contribution in [0, 0.1) is 29.1 Å². The molecule has 1 spiro atoms. The topological polar surface area (TPSA) is 61.4 Å². The molecule has 0 unspecified atom stereocenters. The maximum absolute atomic E-state index is 13.3. The summed E-state index contributed by atoms with van der Waals surface area (Å²) in [4.78, 5) is 28.8. The van der Waals surface area contributed by atoms with Gasteiger partial charge in [-0.25, -0.2) is 0 Å². The highest BCUT2D eigenvalue weighted by Crippen LogP contribution is 2.72. The van der Waals surface area contributed by atoms with Gasteiger partial charge in [-0.15, -0.1) is 0 Å². The molecule has 1 heterocycles. The quantitative estimate of drug-likeness (QED) is 0.643. The Kier molecular flexibility index (Phi) is 5.03. The number of rotatable bonds is 6. The van der Waals surface area contributed by atoms with E-state index in [9.17, 15) is 9.59 Å². The molecule has 5 nitrogen and oxygen atoms in total. The first-order chi connectivity index (χ1) is 14.1. The van der Waals surface area contributed by atoms with Gasteiger partial charge in [0.2, 0.25) is 11.8 Å². The molecule has 0 radical (unpaired) electrons. The van der Waals surface area contributed by atoms with Gasteiger partial charge in [0, 0.05) is 23.2 Å². The molecule has 1 aromatic carbocycles. The van der Waals surface area contributed by atoms with Crippen LogP contribution in [-0.2, 0) is 9.59 Å².